The molecule has 9 nitrogen and oxygen atoms in total. The largest absolute Gasteiger partial charge is 0.396 e. The quantitative estimate of drug-likeness (QED) is 0.550. The Balaban J connectivity index is 2.15. The summed E-state index contributed by atoms with van der Waals surface area (Å²) < 4.78 is 6.59. The van der Waals surface area contributed by atoms with Crippen LogP contribution in [0.25, 0.3) is 22.6 Å². The highest BCUT2D eigenvalue weighted by atomic mass is 16.5. The number of aromatic nitrogens is 4. The highest BCUT2D eigenvalue weighted by Gasteiger charge is 2.19. The molecule has 27 heavy (non-hydrogen) atoms. The van der Waals surface area contributed by atoms with Crippen LogP contribution in [-0.2, 0) is 13.2 Å². The van der Waals surface area contributed by atoms with Crippen LogP contribution in [0.3, 0.4) is 0 Å². The molecular weight excluding hydrogens is 352 g/mol. The first kappa shape index (κ1) is 19.2. The van der Waals surface area contributed by atoms with Gasteiger partial charge in [0.2, 0.25) is 0 Å². The lowest BCUT2D eigenvalue weighted by molar-refractivity contribution is 0.121. The van der Waals surface area contributed by atoms with Gasteiger partial charge in [0.1, 0.15) is 6.61 Å². The second kappa shape index (κ2) is 7.95. The molecule has 3 aromatic rings. The fraction of sp³-hybridized carbons (Fsp3) is 0.444. The molecule has 144 valence electrons. The number of rotatable bonds is 7. The molecule has 0 amide bonds. The number of aryl methyl sites for hydroxylation is 3. The lowest BCUT2D eigenvalue weighted by Gasteiger charge is -2.15. The van der Waals surface area contributed by atoms with E-state index in [4.69, 9.17) is 14.7 Å². The normalized spacial score (nSPS) is 12.6. The lowest BCUT2D eigenvalue weighted by Crippen LogP contribution is -2.26. The van der Waals surface area contributed by atoms with E-state index >= 15 is 0 Å². The van der Waals surface area contributed by atoms with Crippen molar-refractivity contribution >= 4 is 11.0 Å². The minimum absolute atomic E-state index is 0.00500. The van der Waals surface area contributed by atoms with Crippen LogP contribution in [0.1, 0.15) is 29.8 Å². The van der Waals surface area contributed by atoms with Crippen molar-refractivity contribution in [2.75, 3.05) is 6.61 Å². The molecule has 0 fully saturated rings. The number of fused-ring (bicyclic) bond motifs is 1. The molecule has 1 unspecified atom stereocenters. The van der Waals surface area contributed by atoms with Gasteiger partial charge in [0, 0.05) is 13.2 Å². The predicted octanol–water partition coefficient (Wildman–Crippen LogP) is 0.689. The fourth-order valence-electron chi connectivity index (χ4n) is 2.84. The van der Waals surface area contributed by atoms with Crippen LogP contribution in [0.5, 0.6) is 0 Å². The third-order valence-corrected chi connectivity index (χ3v) is 4.52. The first-order valence-electron chi connectivity index (χ1n) is 8.69. The van der Waals surface area contributed by atoms with E-state index in [1.165, 1.54) is 4.57 Å². The van der Waals surface area contributed by atoms with Crippen LogP contribution in [0, 0.1) is 13.8 Å². The number of aliphatic hydroxyl groups is 3. The van der Waals surface area contributed by atoms with E-state index in [0.717, 1.165) is 11.1 Å². The van der Waals surface area contributed by atoms with Crippen LogP contribution >= 0.6 is 0 Å². The Labute approximate surface area is 154 Å². The molecule has 0 aliphatic carbocycles. The molecule has 2 heterocycles. The Bertz CT molecular complexity index is 1010. The summed E-state index contributed by atoms with van der Waals surface area (Å²) in [5, 5.41) is 31.6. The summed E-state index contributed by atoms with van der Waals surface area (Å²) in [6.45, 7) is 3.62. The van der Waals surface area contributed by atoms with Gasteiger partial charge in [-0.2, -0.15) is 4.98 Å². The summed E-state index contributed by atoms with van der Waals surface area (Å²) in [4.78, 5) is 21.4. The molecule has 3 N–H and O–H groups in total. The molecular formula is C18H22N4O5. The topological polar surface area (TPSA) is 135 Å². The van der Waals surface area contributed by atoms with Gasteiger partial charge in [-0.1, -0.05) is 5.16 Å². The van der Waals surface area contributed by atoms with Crippen LogP contribution in [0.15, 0.2) is 21.5 Å². The monoisotopic (exact) mass is 374 g/mol. The van der Waals surface area contributed by atoms with Gasteiger partial charge in [-0.15, -0.1) is 0 Å². The smallest absolute Gasteiger partial charge is 0.282 e. The SMILES string of the molecule is Cc1cc2nc(-c3nc(CO)no3)c(=O)n(CCC(O)CCO)c2cc1C. The average molecular weight is 374 g/mol. The molecule has 9 heteroatoms. The second-order valence-corrected chi connectivity index (χ2v) is 6.47. The van der Waals surface area contributed by atoms with E-state index in [2.05, 4.69) is 15.1 Å². The number of aliphatic hydroxyl groups excluding tert-OH is 3. The van der Waals surface area contributed by atoms with Gasteiger partial charge in [0.25, 0.3) is 11.4 Å². The molecule has 0 spiro atoms. The maximum absolute atomic E-state index is 13.0. The lowest BCUT2D eigenvalue weighted by atomic mass is 10.1. The van der Waals surface area contributed by atoms with Gasteiger partial charge in [0.15, 0.2) is 11.5 Å². The maximum Gasteiger partial charge on any atom is 0.282 e. The summed E-state index contributed by atoms with van der Waals surface area (Å²) in [7, 11) is 0. The Hall–Kier alpha value is -2.62. The minimum Gasteiger partial charge on any atom is -0.396 e. The maximum atomic E-state index is 13.0. The number of nitrogens with zero attached hydrogens (tertiary/aromatic N) is 4. The summed E-state index contributed by atoms with van der Waals surface area (Å²) in [6.07, 6.45) is -0.172. The zero-order valence-electron chi connectivity index (χ0n) is 15.2. The van der Waals surface area contributed by atoms with Crippen molar-refractivity contribution in [1.82, 2.24) is 19.7 Å². The number of hydrogen-bond donors (Lipinski definition) is 3. The molecule has 1 atom stereocenters. The average Bonchev–Trinajstić information content (AvgIpc) is 3.11. The Morgan fingerprint density at radius 3 is 2.56 bits per heavy atom. The van der Waals surface area contributed by atoms with Crippen molar-refractivity contribution < 1.29 is 19.8 Å². The van der Waals surface area contributed by atoms with E-state index in [1.54, 1.807) is 0 Å². The molecule has 3 rings (SSSR count). The van der Waals surface area contributed by atoms with E-state index in [-0.39, 0.29) is 37.0 Å². The predicted molar refractivity (Wildman–Crippen MR) is 97.0 cm³/mol. The van der Waals surface area contributed by atoms with Crippen molar-refractivity contribution in [3.05, 3.63) is 39.4 Å². The van der Waals surface area contributed by atoms with Crippen molar-refractivity contribution in [2.24, 2.45) is 0 Å². The summed E-state index contributed by atoms with van der Waals surface area (Å²) in [5.41, 5.74) is 2.84. The van der Waals surface area contributed by atoms with Gasteiger partial charge < -0.3 is 24.4 Å². The summed E-state index contributed by atoms with van der Waals surface area (Å²) >= 11 is 0. The summed E-state index contributed by atoms with van der Waals surface area (Å²) in [5.74, 6) is 0.00476. The Morgan fingerprint density at radius 1 is 1.15 bits per heavy atom. The Kier molecular flexibility index (Phi) is 5.64. The number of benzene rings is 1. The van der Waals surface area contributed by atoms with Crippen molar-refractivity contribution in [2.45, 2.75) is 45.9 Å². The van der Waals surface area contributed by atoms with Gasteiger partial charge in [-0.3, -0.25) is 4.79 Å². The zero-order chi connectivity index (χ0) is 19.6. The van der Waals surface area contributed by atoms with E-state index in [0.29, 0.717) is 17.5 Å². The molecule has 0 radical (unpaired) electrons. The molecule has 0 saturated heterocycles. The minimum atomic E-state index is -0.718. The molecule has 0 aliphatic heterocycles. The molecule has 2 aromatic heterocycles. The zero-order valence-corrected chi connectivity index (χ0v) is 15.2. The van der Waals surface area contributed by atoms with E-state index in [9.17, 15) is 9.90 Å². The van der Waals surface area contributed by atoms with Gasteiger partial charge >= 0.3 is 0 Å². The fourth-order valence-corrected chi connectivity index (χ4v) is 2.84. The third kappa shape index (κ3) is 3.90. The van der Waals surface area contributed by atoms with Crippen molar-refractivity contribution in [3.8, 4) is 11.6 Å². The van der Waals surface area contributed by atoms with Crippen LogP contribution in [0.2, 0.25) is 0 Å². The number of hydrogen-bond acceptors (Lipinski definition) is 8. The van der Waals surface area contributed by atoms with Gasteiger partial charge in [-0.05, 0) is 49.9 Å². The van der Waals surface area contributed by atoms with Crippen LogP contribution in [0.4, 0.5) is 0 Å². The van der Waals surface area contributed by atoms with E-state index in [1.807, 2.05) is 26.0 Å². The van der Waals surface area contributed by atoms with Crippen molar-refractivity contribution in [3.63, 3.8) is 0 Å². The van der Waals surface area contributed by atoms with E-state index < -0.39 is 18.3 Å². The van der Waals surface area contributed by atoms with Crippen LogP contribution in [-0.4, -0.2) is 47.7 Å². The molecule has 0 aliphatic rings. The third-order valence-electron chi connectivity index (χ3n) is 4.52. The van der Waals surface area contributed by atoms with Crippen LogP contribution < -0.4 is 5.56 Å². The second-order valence-electron chi connectivity index (χ2n) is 6.47. The summed E-state index contributed by atoms with van der Waals surface area (Å²) in [6, 6.07) is 3.76. The molecule has 0 bridgehead atoms. The first-order valence-corrected chi connectivity index (χ1v) is 8.69. The van der Waals surface area contributed by atoms with Gasteiger partial charge in [-0.25, -0.2) is 4.98 Å². The standard InChI is InChI=1S/C18H22N4O5/c1-10-7-13-14(8-11(10)2)22(5-3-12(25)4-6-23)18(26)16(19-13)17-20-15(9-24)21-27-17/h7-8,12,23-25H,3-6,9H2,1-2H3. The van der Waals surface area contributed by atoms with Crippen molar-refractivity contribution in [1.29, 1.82) is 0 Å². The highest BCUT2D eigenvalue weighted by molar-refractivity contribution is 5.78. The first-order chi connectivity index (χ1) is 12.9. The highest BCUT2D eigenvalue weighted by Crippen LogP contribution is 2.21. The van der Waals surface area contributed by atoms with Gasteiger partial charge in [0.05, 0.1) is 17.1 Å². The molecule has 1 aromatic carbocycles. The Morgan fingerprint density at radius 2 is 1.89 bits per heavy atom. The molecule has 0 saturated carbocycles.